The highest BCUT2D eigenvalue weighted by Crippen LogP contribution is 2.31. The van der Waals surface area contributed by atoms with Gasteiger partial charge < -0.3 is 10.1 Å². The van der Waals surface area contributed by atoms with Crippen molar-refractivity contribution in [2.24, 2.45) is 0 Å². The Morgan fingerprint density at radius 2 is 2.15 bits per heavy atom. The standard InChI is InChI=1S/C18H17ClFN5O2/c1-11(9-27-2)22-18(26)13-5-12(16-4-3-14(20)8-17(16)19)6-15(7-13)25-10-21-23-24-25/h3-8,10-11H,9H2,1-2H3,(H,22,26). The van der Waals surface area contributed by atoms with Gasteiger partial charge in [0.2, 0.25) is 0 Å². The summed E-state index contributed by atoms with van der Waals surface area (Å²) in [7, 11) is 1.57. The van der Waals surface area contributed by atoms with Crippen molar-refractivity contribution in [1.82, 2.24) is 25.5 Å². The summed E-state index contributed by atoms with van der Waals surface area (Å²) in [6.07, 6.45) is 1.42. The van der Waals surface area contributed by atoms with E-state index in [1.165, 1.54) is 23.1 Å². The minimum Gasteiger partial charge on any atom is -0.383 e. The highest BCUT2D eigenvalue weighted by Gasteiger charge is 2.15. The average molecular weight is 390 g/mol. The molecule has 3 aromatic rings. The fourth-order valence-electron chi connectivity index (χ4n) is 2.63. The van der Waals surface area contributed by atoms with Gasteiger partial charge in [0, 0.05) is 24.3 Å². The number of carbonyl (C=O) groups is 1. The van der Waals surface area contributed by atoms with Crippen LogP contribution < -0.4 is 5.32 Å². The lowest BCUT2D eigenvalue weighted by molar-refractivity contribution is 0.0905. The Kier molecular flexibility index (Phi) is 5.78. The Labute approximate surface area is 160 Å². The number of nitrogens with one attached hydrogen (secondary N) is 1. The molecule has 1 unspecified atom stereocenters. The van der Waals surface area contributed by atoms with Gasteiger partial charge in [0.05, 0.1) is 17.3 Å². The smallest absolute Gasteiger partial charge is 0.251 e. The van der Waals surface area contributed by atoms with Crippen LogP contribution in [-0.4, -0.2) is 45.9 Å². The number of benzene rings is 2. The molecule has 0 fully saturated rings. The summed E-state index contributed by atoms with van der Waals surface area (Å²) in [5.74, 6) is -0.722. The van der Waals surface area contributed by atoms with E-state index < -0.39 is 5.82 Å². The maximum absolute atomic E-state index is 13.4. The second kappa shape index (κ2) is 8.24. The first-order chi connectivity index (χ1) is 13.0. The molecular weight excluding hydrogens is 373 g/mol. The predicted molar refractivity (Wildman–Crippen MR) is 98.4 cm³/mol. The molecular formula is C18H17ClFN5O2. The zero-order valence-electron chi connectivity index (χ0n) is 14.7. The Morgan fingerprint density at radius 1 is 1.33 bits per heavy atom. The lowest BCUT2D eigenvalue weighted by Crippen LogP contribution is -2.35. The molecule has 1 heterocycles. The molecule has 1 N–H and O–H groups in total. The van der Waals surface area contributed by atoms with Gasteiger partial charge in [-0.25, -0.2) is 9.07 Å². The monoisotopic (exact) mass is 389 g/mol. The molecule has 140 valence electrons. The zero-order valence-corrected chi connectivity index (χ0v) is 15.4. The molecule has 0 aliphatic rings. The SMILES string of the molecule is COCC(C)NC(=O)c1cc(-c2ccc(F)cc2Cl)cc(-n2cnnn2)c1. The molecule has 1 amide bonds. The highest BCUT2D eigenvalue weighted by atomic mass is 35.5. The largest absolute Gasteiger partial charge is 0.383 e. The molecule has 0 aliphatic carbocycles. The number of hydrogen-bond donors (Lipinski definition) is 1. The number of amides is 1. The van der Waals surface area contributed by atoms with Gasteiger partial charge in [0.25, 0.3) is 5.91 Å². The molecule has 3 rings (SSSR count). The van der Waals surface area contributed by atoms with Crippen LogP contribution >= 0.6 is 11.6 Å². The van der Waals surface area contributed by atoms with Crippen molar-refractivity contribution in [3.63, 3.8) is 0 Å². The fourth-order valence-corrected chi connectivity index (χ4v) is 2.91. The van der Waals surface area contributed by atoms with Gasteiger partial charge in [0.15, 0.2) is 0 Å². The number of aromatic nitrogens is 4. The van der Waals surface area contributed by atoms with Gasteiger partial charge in [-0.05, 0) is 59.3 Å². The Balaban J connectivity index is 2.05. The number of methoxy groups -OCH3 is 1. The van der Waals surface area contributed by atoms with Crippen LogP contribution in [0.15, 0.2) is 42.7 Å². The molecule has 0 bridgehead atoms. The van der Waals surface area contributed by atoms with E-state index in [9.17, 15) is 9.18 Å². The lowest BCUT2D eigenvalue weighted by Gasteiger charge is -2.15. The predicted octanol–water partition coefficient (Wildman–Crippen LogP) is 2.89. The number of halogens is 2. The molecule has 1 atom stereocenters. The molecule has 0 saturated heterocycles. The van der Waals surface area contributed by atoms with E-state index in [1.54, 1.807) is 31.4 Å². The zero-order chi connectivity index (χ0) is 19.4. The van der Waals surface area contributed by atoms with Crippen molar-refractivity contribution in [3.8, 4) is 16.8 Å². The Morgan fingerprint density at radius 3 is 2.81 bits per heavy atom. The van der Waals surface area contributed by atoms with Crippen LogP contribution in [0.4, 0.5) is 4.39 Å². The molecule has 7 nitrogen and oxygen atoms in total. The summed E-state index contributed by atoms with van der Waals surface area (Å²) in [5.41, 5.74) is 2.19. The van der Waals surface area contributed by atoms with Crippen molar-refractivity contribution in [2.45, 2.75) is 13.0 Å². The molecule has 2 aromatic carbocycles. The average Bonchev–Trinajstić information content (AvgIpc) is 3.16. The quantitative estimate of drug-likeness (QED) is 0.701. The van der Waals surface area contributed by atoms with Gasteiger partial charge in [-0.3, -0.25) is 4.79 Å². The van der Waals surface area contributed by atoms with Crippen LogP contribution in [0.1, 0.15) is 17.3 Å². The van der Waals surface area contributed by atoms with Crippen LogP contribution in [-0.2, 0) is 4.74 Å². The molecule has 0 aliphatic heterocycles. The van der Waals surface area contributed by atoms with Gasteiger partial charge in [0.1, 0.15) is 12.1 Å². The first-order valence-corrected chi connectivity index (χ1v) is 8.49. The van der Waals surface area contributed by atoms with E-state index in [0.29, 0.717) is 29.0 Å². The summed E-state index contributed by atoms with van der Waals surface area (Å²) in [6, 6.07) is 9.04. The van der Waals surface area contributed by atoms with Crippen LogP contribution in [0, 0.1) is 5.82 Å². The summed E-state index contributed by atoms with van der Waals surface area (Å²) >= 11 is 6.19. The van der Waals surface area contributed by atoms with E-state index >= 15 is 0 Å². The third kappa shape index (κ3) is 4.47. The fraction of sp³-hybridized carbons (Fsp3) is 0.222. The normalized spacial score (nSPS) is 12.0. The number of hydrogen-bond acceptors (Lipinski definition) is 5. The van der Waals surface area contributed by atoms with Gasteiger partial charge in [-0.1, -0.05) is 11.6 Å². The van der Waals surface area contributed by atoms with E-state index in [1.807, 2.05) is 6.92 Å². The Bertz CT molecular complexity index is 949. The third-order valence-electron chi connectivity index (χ3n) is 3.83. The number of nitrogens with zero attached hydrogens (tertiary/aromatic N) is 4. The first kappa shape index (κ1) is 18.9. The number of tetrazole rings is 1. The van der Waals surface area contributed by atoms with E-state index in [-0.39, 0.29) is 17.0 Å². The van der Waals surface area contributed by atoms with Crippen molar-refractivity contribution in [3.05, 3.63) is 59.1 Å². The minimum absolute atomic E-state index is 0.169. The topological polar surface area (TPSA) is 81.9 Å². The van der Waals surface area contributed by atoms with Crippen LogP contribution in [0.3, 0.4) is 0 Å². The molecule has 9 heteroatoms. The molecule has 0 saturated carbocycles. The second-order valence-corrected chi connectivity index (χ2v) is 6.38. The lowest BCUT2D eigenvalue weighted by atomic mass is 10.0. The summed E-state index contributed by atoms with van der Waals surface area (Å²) < 4.78 is 19.9. The van der Waals surface area contributed by atoms with Crippen LogP contribution in [0.25, 0.3) is 16.8 Å². The summed E-state index contributed by atoms with van der Waals surface area (Å²) in [6.45, 7) is 2.22. The van der Waals surface area contributed by atoms with Crippen molar-refractivity contribution < 1.29 is 13.9 Å². The van der Waals surface area contributed by atoms with Gasteiger partial charge in [-0.2, -0.15) is 0 Å². The summed E-state index contributed by atoms with van der Waals surface area (Å²) in [5, 5.41) is 14.2. The van der Waals surface area contributed by atoms with Crippen LogP contribution in [0.5, 0.6) is 0 Å². The third-order valence-corrected chi connectivity index (χ3v) is 4.14. The van der Waals surface area contributed by atoms with E-state index in [0.717, 1.165) is 0 Å². The number of rotatable bonds is 6. The first-order valence-electron chi connectivity index (χ1n) is 8.11. The Hall–Kier alpha value is -2.84. The van der Waals surface area contributed by atoms with E-state index in [4.69, 9.17) is 16.3 Å². The highest BCUT2D eigenvalue weighted by molar-refractivity contribution is 6.33. The summed E-state index contributed by atoms with van der Waals surface area (Å²) in [4.78, 5) is 12.7. The molecule has 0 spiro atoms. The molecule has 27 heavy (non-hydrogen) atoms. The van der Waals surface area contributed by atoms with Crippen molar-refractivity contribution in [1.29, 1.82) is 0 Å². The molecule has 1 aromatic heterocycles. The van der Waals surface area contributed by atoms with Gasteiger partial charge >= 0.3 is 0 Å². The van der Waals surface area contributed by atoms with E-state index in [2.05, 4.69) is 20.8 Å². The maximum atomic E-state index is 13.4. The maximum Gasteiger partial charge on any atom is 0.251 e. The van der Waals surface area contributed by atoms with Gasteiger partial charge in [-0.15, -0.1) is 5.10 Å². The van der Waals surface area contributed by atoms with Crippen LogP contribution in [0.2, 0.25) is 5.02 Å². The number of carbonyl (C=O) groups excluding carboxylic acids is 1. The minimum atomic E-state index is -0.438. The number of ether oxygens (including phenoxy) is 1. The molecule has 0 radical (unpaired) electrons. The van der Waals surface area contributed by atoms with Crippen molar-refractivity contribution >= 4 is 17.5 Å². The second-order valence-electron chi connectivity index (χ2n) is 5.98. The van der Waals surface area contributed by atoms with Crippen molar-refractivity contribution in [2.75, 3.05) is 13.7 Å².